The monoisotopic (exact) mass is 505 g/mol. The highest BCUT2D eigenvalue weighted by atomic mass is 32.2. The number of benzene rings is 2. The number of aliphatic hydroxyl groups is 1. The second-order valence-electron chi connectivity index (χ2n) is 9.76. The number of amidine groups is 1. The SMILES string of the molecule is CN(C)CCCc1ccc(CC2C(C)(C)OC(N[C@@H](CCO)c3ccccc3F)=NS2(=O)=O)cc1. The third kappa shape index (κ3) is 7.25. The van der Waals surface area contributed by atoms with E-state index >= 15 is 0 Å². The molecule has 0 saturated carbocycles. The van der Waals surface area contributed by atoms with Gasteiger partial charge in [0.25, 0.3) is 10.0 Å². The summed E-state index contributed by atoms with van der Waals surface area (Å²) in [6.07, 6.45) is 2.44. The number of nitrogens with zero attached hydrogens (tertiary/aromatic N) is 2. The van der Waals surface area contributed by atoms with Gasteiger partial charge in [0.05, 0.1) is 6.04 Å². The van der Waals surface area contributed by atoms with Crippen molar-refractivity contribution in [3.63, 3.8) is 0 Å². The summed E-state index contributed by atoms with van der Waals surface area (Å²) < 4.78 is 50.6. The minimum atomic E-state index is -3.93. The minimum Gasteiger partial charge on any atom is -0.457 e. The summed E-state index contributed by atoms with van der Waals surface area (Å²) in [5.41, 5.74) is 1.33. The molecule has 9 heteroatoms. The van der Waals surface area contributed by atoms with Crippen LogP contribution in [0.1, 0.15) is 49.4 Å². The summed E-state index contributed by atoms with van der Waals surface area (Å²) >= 11 is 0. The molecule has 0 aliphatic carbocycles. The molecule has 0 saturated heterocycles. The fourth-order valence-electron chi connectivity index (χ4n) is 4.28. The normalized spacial score (nSPS) is 19.6. The first-order chi connectivity index (χ1) is 16.5. The Morgan fingerprint density at radius 3 is 2.40 bits per heavy atom. The van der Waals surface area contributed by atoms with E-state index in [1.807, 2.05) is 38.4 Å². The fourth-order valence-corrected chi connectivity index (χ4v) is 5.89. The maximum absolute atomic E-state index is 14.3. The second kappa shape index (κ2) is 11.5. The lowest BCUT2D eigenvalue weighted by Gasteiger charge is -2.38. The Hall–Kier alpha value is -2.49. The summed E-state index contributed by atoms with van der Waals surface area (Å²) in [6.45, 7) is 4.22. The number of ether oxygens (including phenoxy) is 1. The van der Waals surface area contributed by atoms with E-state index in [2.05, 4.69) is 14.6 Å². The van der Waals surface area contributed by atoms with E-state index in [-0.39, 0.29) is 25.5 Å². The molecule has 7 nitrogen and oxygen atoms in total. The lowest BCUT2D eigenvalue weighted by molar-refractivity contribution is 0.0760. The zero-order valence-electron chi connectivity index (χ0n) is 20.9. The molecule has 2 aromatic carbocycles. The Kier molecular flexibility index (Phi) is 8.90. The standard InChI is InChI=1S/C26H36FN3O4S/c1-26(2)24(18-20-13-11-19(12-14-20)8-7-16-30(3)4)35(32,33)29-25(34-26)28-23(15-17-31)21-9-5-6-10-22(21)27/h5-6,9-14,23-24,31H,7-8,15-18H2,1-4H3,(H,28,29)/t23-,24?/m0/s1. The molecule has 0 fully saturated rings. The molecular formula is C26H36FN3O4S. The predicted octanol–water partition coefficient (Wildman–Crippen LogP) is 3.44. The van der Waals surface area contributed by atoms with Gasteiger partial charge in [0.1, 0.15) is 16.7 Å². The van der Waals surface area contributed by atoms with Crippen LogP contribution in [0, 0.1) is 5.82 Å². The minimum absolute atomic E-state index is 0.161. The van der Waals surface area contributed by atoms with Crippen molar-refractivity contribution >= 4 is 16.0 Å². The zero-order chi connectivity index (χ0) is 25.6. The van der Waals surface area contributed by atoms with Crippen LogP contribution in [0.2, 0.25) is 0 Å². The molecule has 35 heavy (non-hydrogen) atoms. The van der Waals surface area contributed by atoms with Crippen LogP contribution in [0.3, 0.4) is 0 Å². The average molecular weight is 506 g/mol. The average Bonchev–Trinajstić information content (AvgIpc) is 2.76. The first-order valence-electron chi connectivity index (χ1n) is 11.9. The highest BCUT2D eigenvalue weighted by Gasteiger charge is 2.46. The maximum atomic E-state index is 14.3. The highest BCUT2D eigenvalue weighted by Crippen LogP contribution is 2.31. The maximum Gasteiger partial charge on any atom is 0.301 e. The van der Waals surface area contributed by atoms with Crippen LogP contribution in [0.25, 0.3) is 0 Å². The third-order valence-electron chi connectivity index (χ3n) is 6.22. The van der Waals surface area contributed by atoms with Crippen molar-refractivity contribution in [2.45, 2.75) is 56.4 Å². The van der Waals surface area contributed by atoms with Crippen molar-refractivity contribution in [2.24, 2.45) is 4.40 Å². The number of sulfonamides is 1. The van der Waals surface area contributed by atoms with Crippen molar-refractivity contribution in [2.75, 3.05) is 27.2 Å². The summed E-state index contributed by atoms with van der Waals surface area (Å²) in [5.74, 6) is -0.458. The lowest BCUT2D eigenvalue weighted by atomic mass is 9.96. The Bertz CT molecular complexity index is 1120. The van der Waals surface area contributed by atoms with Gasteiger partial charge in [-0.05, 0) is 77.4 Å². The van der Waals surface area contributed by atoms with Crippen molar-refractivity contribution in [1.82, 2.24) is 10.2 Å². The van der Waals surface area contributed by atoms with Crippen LogP contribution in [-0.4, -0.2) is 62.5 Å². The van der Waals surface area contributed by atoms with Gasteiger partial charge in [-0.2, -0.15) is 0 Å². The lowest BCUT2D eigenvalue weighted by Crippen LogP contribution is -2.53. The molecule has 0 spiro atoms. The van der Waals surface area contributed by atoms with Crippen molar-refractivity contribution < 1.29 is 22.7 Å². The van der Waals surface area contributed by atoms with E-state index in [0.29, 0.717) is 5.56 Å². The molecule has 192 valence electrons. The molecule has 0 bridgehead atoms. The molecule has 2 aromatic rings. The topological polar surface area (TPSA) is 91.2 Å². The molecule has 1 heterocycles. The molecular weight excluding hydrogens is 469 g/mol. The molecule has 1 aliphatic rings. The summed E-state index contributed by atoms with van der Waals surface area (Å²) in [5, 5.41) is 11.5. The number of aryl methyl sites for hydroxylation is 1. The Balaban J connectivity index is 1.75. The first-order valence-corrected chi connectivity index (χ1v) is 13.4. The Labute approximate surface area is 208 Å². The van der Waals surface area contributed by atoms with Crippen LogP contribution in [0.4, 0.5) is 4.39 Å². The van der Waals surface area contributed by atoms with Crippen molar-refractivity contribution in [3.05, 3.63) is 71.0 Å². The number of nitrogens with one attached hydrogen (secondary N) is 1. The number of hydrogen-bond acceptors (Lipinski definition) is 6. The smallest absolute Gasteiger partial charge is 0.301 e. The number of aliphatic hydroxyl groups excluding tert-OH is 1. The van der Waals surface area contributed by atoms with Crippen LogP contribution < -0.4 is 5.32 Å². The van der Waals surface area contributed by atoms with Gasteiger partial charge in [0.15, 0.2) is 0 Å². The molecule has 0 amide bonds. The van der Waals surface area contributed by atoms with Gasteiger partial charge < -0.3 is 20.1 Å². The molecule has 1 aliphatic heterocycles. The van der Waals surface area contributed by atoms with Gasteiger partial charge >= 0.3 is 6.02 Å². The summed E-state index contributed by atoms with van der Waals surface area (Å²) in [4.78, 5) is 2.15. The quantitative estimate of drug-likeness (QED) is 0.514. The van der Waals surface area contributed by atoms with Gasteiger partial charge in [-0.25, -0.2) is 12.8 Å². The molecule has 2 N–H and O–H groups in total. The van der Waals surface area contributed by atoms with E-state index in [0.717, 1.165) is 24.9 Å². The van der Waals surface area contributed by atoms with Gasteiger partial charge in [0.2, 0.25) is 0 Å². The van der Waals surface area contributed by atoms with Gasteiger partial charge in [0, 0.05) is 12.2 Å². The van der Waals surface area contributed by atoms with Gasteiger partial charge in [-0.15, -0.1) is 4.40 Å². The molecule has 2 atom stereocenters. The molecule has 1 unspecified atom stereocenters. The molecule has 0 aromatic heterocycles. The van der Waals surface area contributed by atoms with Crippen LogP contribution in [-0.2, 0) is 27.6 Å². The number of rotatable bonds is 10. The van der Waals surface area contributed by atoms with Crippen molar-refractivity contribution in [1.29, 1.82) is 0 Å². The highest BCUT2D eigenvalue weighted by molar-refractivity contribution is 7.91. The Morgan fingerprint density at radius 2 is 1.80 bits per heavy atom. The molecule has 0 radical (unpaired) electrons. The molecule has 3 rings (SSSR count). The Morgan fingerprint density at radius 1 is 1.14 bits per heavy atom. The first kappa shape index (κ1) is 27.1. The largest absolute Gasteiger partial charge is 0.457 e. The van der Waals surface area contributed by atoms with Crippen LogP contribution in [0.15, 0.2) is 52.9 Å². The number of hydrogen-bond donors (Lipinski definition) is 2. The van der Waals surface area contributed by atoms with E-state index < -0.39 is 32.7 Å². The van der Waals surface area contributed by atoms with Crippen molar-refractivity contribution in [3.8, 4) is 0 Å². The second-order valence-corrected chi connectivity index (χ2v) is 11.5. The summed E-state index contributed by atoms with van der Waals surface area (Å²) in [6, 6.07) is 13.3. The van der Waals surface area contributed by atoms with Crippen LogP contribution in [0.5, 0.6) is 0 Å². The van der Waals surface area contributed by atoms with E-state index in [1.54, 1.807) is 32.0 Å². The fraction of sp³-hybridized carbons (Fsp3) is 0.500. The number of halogens is 1. The summed E-state index contributed by atoms with van der Waals surface area (Å²) in [7, 11) is 0.172. The van der Waals surface area contributed by atoms with E-state index in [1.165, 1.54) is 11.6 Å². The van der Waals surface area contributed by atoms with Gasteiger partial charge in [-0.1, -0.05) is 42.5 Å². The van der Waals surface area contributed by atoms with Crippen LogP contribution >= 0.6 is 0 Å². The third-order valence-corrected chi connectivity index (χ3v) is 8.09. The van der Waals surface area contributed by atoms with E-state index in [9.17, 15) is 17.9 Å². The zero-order valence-corrected chi connectivity index (χ0v) is 21.7. The van der Waals surface area contributed by atoms with Gasteiger partial charge in [-0.3, -0.25) is 0 Å². The predicted molar refractivity (Wildman–Crippen MR) is 136 cm³/mol. The van der Waals surface area contributed by atoms with E-state index in [4.69, 9.17) is 4.74 Å².